The highest BCUT2D eigenvalue weighted by atomic mass is 32.1. The number of thiol groups is 1. The molecule has 0 saturated heterocycles. The fourth-order valence-electron chi connectivity index (χ4n) is 3.79. The molecule has 0 aliphatic rings. The highest BCUT2D eigenvalue weighted by Gasteiger charge is 2.19. The van der Waals surface area contributed by atoms with Gasteiger partial charge in [-0.2, -0.15) is 0 Å². The smallest absolute Gasteiger partial charge is 0.0632 e. The number of nitrogens with one attached hydrogen (secondary N) is 1. The Morgan fingerprint density at radius 2 is 1.21 bits per heavy atom. The first-order valence-corrected chi connectivity index (χ1v) is 10.7. The first-order valence-electron chi connectivity index (χ1n) is 10.3. The second-order valence-corrected chi connectivity index (χ2v) is 8.58. The summed E-state index contributed by atoms with van der Waals surface area (Å²) in [6, 6.07) is 25.7. The van der Waals surface area contributed by atoms with Crippen molar-refractivity contribution in [1.82, 2.24) is 0 Å². The molecule has 3 aromatic rings. The van der Waals surface area contributed by atoms with Crippen LogP contribution in [0, 0.1) is 0 Å². The largest absolute Gasteiger partial charge is 0.390 e. The van der Waals surface area contributed by atoms with Crippen molar-refractivity contribution in [2.75, 3.05) is 4.72 Å². The van der Waals surface area contributed by atoms with Gasteiger partial charge in [0.1, 0.15) is 0 Å². The molecule has 3 aromatic carbocycles. The monoisotopic (exact) mass is 405 g/mol. The predicted octanol–water partition coefficient (Wildman–Crippen LogP) is 5.83. The Bertz CT molecular complexity index is 901. The topological polar surface area (TPSA) is 32.3 Å². The number of anilines is 1. The molecule has 0 radical (unpaired) electrons. The minimum absolute atomic E-state index is 0.591. The lowest BCUT2D eigenvalue weighted by atomic mass is 9.90. The minimum Gasteiger partial charge on any atom is -0.390 e. The third-order valence-electron chi connectivity index (χ3n) is 5.17. The summed E-state index contributed by atoms with van der Waals surface area (Å²) in [5, 5.41) is 10.4. The standard InChI is InChI=1S/C26H31NOS/c1-26(2,28)19-24-18-22(14-13-20-9-5-3-6-10-20)17-23(25(24)27-29)16-15-21-11-7-4-8-12-21/h3-12,17-18,27-29H,13-16,19H2,1-2H3. The summed E-state index contributed by atoms with van der Waals surface area (Å²) < 4.78 is 3.11. The SMILES string of the molecule is CC(C)(O)Cc1cc(CCc2ccccc2)cc(CCc2ccccc2)c1NS. The van der Waals surface area contributed by atoms with Crippen LogP contribution in [0.3, 0.4) is 0 Å². The molecule has 29 heavy (non-hydrogen) atoms. The Kier molecular flexibility index (Phi) is 7.40. The number of benzene rings is 3. The zero-order valence-electron chi connectivity index (χ0n) is 17.4. The normalized spacial score (nSPS) is 11.4. The molecule has 0 unspecified atom stereocenters. The molecule has 2 nitrogen and oxygen atoms in total. The molecule has 0 aromatic heterocycles. The van der Waals surface area contributed by atoms with E-state index in [0.29, 0.717) is 6.42 Å². The van der Waals surface area contributed by atoms with E-state index in [9.17, 15) is 5.11 Å². The van der Waals surface area contributed by atoms with Crippen molar-refractivity contribution in [1.29, 1.82) is 0 Å². The van der Waals surface area contributed by atoms with Crippen molar-refractivity contribution in [3.05, 3.63) is 101 Å². The van der Waals surface area contributed by atoms with Crippen LogP contribution in [0.2, 0.25) is 0 Å². The van der Waals surface area contributed by atoms with E-state index in [4.69, 9.17) is 0 Å². The third-order valence-corrected chi connectivity index (χ3v) is 5.39. The maximum absolute atomic E-state index is 10.4. The Morgan fingerprint density at radius 1 is 0.724 bits per heavy atom. The van der Waals surface area contributed by atoms with Crippen molar-refractivity contribution in [3.63, 3.8) is 0 Å². The molecule has 0 aliphatic carbocycles. The minimum atomic E-state index is -0.770. The summed E-state index contributed by atoms with van der Waals surface area (Å²) in [6.07, 6.45) is 4.49. The lowest BCUT2D eigenvalue weighted by Gasteiger charge is -2.22. The molecule has 0 heterocycles. The average Bonchev–Trinajstić information content (AvgIpc) is 2.71. The average molecular weight is 406 g/mol. The van der Waals surface area contributed by atoms with Gasteiger partial charge >= 0.3 is 0 Å². The molecule has 2 N–H and O–H groups in total. The van der Waals surface area contributed by atoms with Crippen LogP contribution in [-0.2, 0) is 32.1 Å². The zero-order valence-corrected chi connectivity index (χ0v) is 18.3. The molecule has 0 atom stereocenters. The Balaban J connectivity index is 1.87. The van der Waals surface area contributed by atoms with Gasteiger partial charge in [0.05, 0.1) is 11.3 Å². The van der Waals surface area contributed by atoms with Crippen LogP contribution in [0.1, 0.15) is 41.7 Å². The summed E-state index contributed by atoms with van der Waals surface area (Å²) in [5.41, 5.74) is 6.64. The van der Waals surface area contributed by atoms with Crippen LogP contribution in [0.4, 0.5) is 5.69 Å². The first kappa shape index (κ1) is 21.5. The summed E-state index contributed by atoms with van der Waals surface area (Å²) in [7, 11) is 0. The first-order chi connectivity index (χ1) is 13.9. The lowest BCUT2D eigenvalue weighted by Crippen LogP contribution is -2.22. The maximum Gasteiger partial charge on any atom is 0.0632 e. The van der Waals surface area contributed by atoms with Crippen molar-refractivity contribution < 1.29 is 5.11 Å². The lowest BCUT2D eigenvalue weighted by molar-refractivity contribution is 0.0811. The van der Waals surface area contributed by atoms with Gasteiger partial charge in [0.2, 0.25) is 0 Å². The van der Waals surface area contributed by atoms with E-state index in [1.807, 2.05) is 13.8 Å². The number of hydrogen-bond acceptors (Lipinski definition) is 3. The van der Waals surface area contributed by atoms with E-state index in [-0.39, 0.29) is 0 Å². The number of hydrogen-bond donors (Lipinski definition) is 3. The summed E-state index contributed by atoms with van der Waals surface area (Å²) in [4.78, 5) is 0. The highest BCUT2D eigenvalue weighted by molar-refractivity contribution is 7.81. The molecule has 0 spiro atoms. The second-order valence-electron chi connectivity index (χ2n) is 8.36. The van der Waals surface area contributed by atoms with Crippen LogP contribution in [0.25, 0.3) is 0 Å². The van der Waals surface area contributed by atoms with Crippen LogP contribution >= 0.6 is 12.8 Å². The zero-order chi connectivity index (χ0) is 20.7. The quantitative estimate of drug-likeness (QED) is 0.392. The Labute approximate surface area is 180 Å². The third kappa shape index (κ3) is 6.66. The van der Waals surface area contributed by atoms with Crippen LogP contribution < -0.4 is 4.72 Å². The molecule has 0 fully saturated rings. The van der Waals surface area contributed by atoms with E-state index in [1.165, 1.54) is 22.3 Å². The van der Waals surface area contributed by atoms with Crippen LogP contribution in [-0.4, -0.2) is 10.7 Å². The highest BCUT2D eigenvalue weighted by Crippen LogP contribution is 2.29. The van der Waals surface area contributed by atoms with Crippen LogP contribution in [0.5, 0.6) is 0 Å². The molecule has 0 amide bonds. The Morgan fingerprint density at radius 3 is 1.72 bits per heavy atom. The van der Waals surface area contributed by atoms with Crippen LogP contribution in [0.15, 0.2) is 72.8 Å². The summed E-state index contributed by atoms with van der Waals surface area (Å²) >= 11 is 4.39. The molecular formula is C26H31NOS. The van der Waals surface area contributed by atoms with Crippen molar-refractivity contribution in [3.8, 4) is 0 Å². The van der Waals surface area contributed by atoms with E-state index in [2.05, 4.69) is 90.3 Å². The van der Waals surface area contributed by atoms with E-state index < -0.39 is 5.60 Å². The fraction of sp³-hybridized carbons (Fsp3) is 0.308. The predicted molar refractivity (Wildman–Crippen MR) is 127 cm³/mol. The molecule has 0 bridgehead atoms. The van der Waals surface area contributed by atoms with Gasteiger partial charge in [0, 0.05) is 6.42 Å². The number of aliphatic hydroxyl groups is 1. The molecule has 0 saturated carbocycles. The summed E-state index contributed by atoms with van der Waals surface area (Å²) in [5.74, 6) is 0. The molecule has 0 aliphatic heterocycles. The molecular weight excluding hydrogens is 374 g/mol. The fourth-order valence-corrected chi connectivity index (χ4v) is 4.07. The van der Waals surface area contributed by atoms with Crippen molar-refractivity contribution >= 4 is 18.5 Å². The van der Waals surface area contributed by atoms with Crippen molar-refractivity contribution in [2.24, 2.45) is 0 Å². The van der Waals surface area contributed by atoms with E-state index >= 15 is 0 Å². The van der Waals surface area contributed by atoms with Crippen molar-refractivity contribution in [2.45, 2.75) is 51.6 Å². The second kappa shape index (κ2) is 10.00. The van der Waals surface area contributed by atoms with Gasteiger partial charge in [-0.05, 0) is 67.3 Å². The molecule has 3 heteroatoms. The van der Waals surface area contributed by atoms with Gasteiger partial charge in [-0.1, -0.05) is 85.6 Å². The molecule has 3 rings (SSSR count). The van der Waals surface area contributed by atoms with E-state index in [0.717, 1.165) is 36.9 Å². The summed E-state index contributed by atoms with van der Waals surface area (Å²) in [6.45, 7) is 3.71. The van der Waals surface area contributed by atoms with Gasteiger partial charge in [0.15, 0.2) is 0 Å². The van der Waals surface area contributed by atoms with E-state index in [1.54, 1.807) is 0 Å². The maximum atomic E-state index is 10.4. The van der Waals surface area contributed by atoms with Gasteiger partial charge in [-0.25, -0.2) is 0 Å². The molecule has 152 valence electrons. The number of aryl methyl sites for hydroxylation is 4. The number of rotatable bonds is 9. The van der Waals surface area contributed by atoms with Gasteiger partial charge in [-0.3, -0.25) is 0 Å². The van der Waals surface area contributed by atoms with Gasteiger partial charge in [-0.15, -0.1) is 0 Å². The van der Waals surface area contributed by atoms with Gasteiger partial charge in [0.25, 0.3) is 0 Å². The Hall–Kier alpha value is -2.23. The van der Waals surface area contributed by atoms with Gasteiger partial charge < -0.3 is 9.83 Å².